The summed E-state index contributed by atoms with van der Waals surface area (Å²) in [5.74, 6) is -0.784. The molecule has 3 nitrogen and oxygen atoms in total. The van der Waals surface area contributed by atoms with Gasteiger partial charge in [-0.2, -0.15) is 0 Å². The molecule has 0 amide bonds. The third-order valence-corrected chi connectivity index (χ3v) is 4.13. The lowest BCUT2D eigenvalue weighted by Crippen LogP contribution is -2.45. The minimum atomic E-state index is -0.784. The molecule has 2 rings (SSSR count). The van der Waals surface area contributed by atoms with Crippen LogP contribution in [0.25, 0.3) is 0 Å². The molecule has 0 aliphatic carbocycles. The summed E-state index contributed by atoms with van der Waals surface area (Å²) in [4.78, 5) is 13.5. The summed E-state index contributed by atoms with van der Waals surface area (Å²) in [7, 11) is 0. The van der Waals surface area contributed by atoms with Crippen molar-refractivity contribution in [2.75, 3.05) is 13.1 Å². The Kier molecular flexibility index (Phi) is 5.08. The summed E-state index contributed by atoms with van der Waals surface area (Å²) >= 11 is 12.0. The summed E-state index contributed by atoms with van der Waals surface area (Å²) in [5, 5.41) is 10.5. The predicted molar refractivity (Wildman–Crippen MR) is 77.0 cm³/mol. The van der Waals surface area contributed by atoms with E-state index in [1.54, 1.807) is 12.1 Å². The molecular weight excluding hydrogens is 285 g/mol. The second-order valence-corrected chi connectivity index (χ2v) is 5.73. The third-order valence-electron chi connectivity index (χ3n) is 3.54. The monoisotopic (exact) mass is 301 g/mol. The molecule has 1 unspecified atom stereocenters. The molecule has 1 aliphatic rings. The molecule has 1 atom stereocenters. The summed E-state index contributed by atoms with van der Waals surface area (Å²) in [6.45, 7) is 1.70. The molecule has 5 heteroatoms. The third kappa shape index (κ3) is 3.85. The van der Waals surface area contributed by atoms with Crippen LogP contribution in [0.1, 0.15) is 24.8 Å². The van der Waals surface area contributed by atoms with Crippen LogP contribution in [-0.4, -0.2) is 35.1 Å². The van der Waals surface area contributed by atoms with Crippen LogP contribution < -0.4 is 0 Å². The van der Waals surface area contributed by atoms with E-state index in [4.69, 9.17) is 23.2 Å². The van der Waals surface area contributed by atoms with Crippen molar-refractivity contribution >= 4 is 29.2 Å². The summed E-state index contributed by atoms with van der Waals surface area (Å²) in [6, 6.07) is 4.72. The molecule has 1 N–H and O–H groups in total. The molecule has 19 heavy (non-hydrogen) atoms. The molecule has 0 aromatic heterocycles. The van der Waals surface area contributed by atoms with Gasteiger partial charge in [-0.15, -0.1) is 0 Å². The number of likely N-dealkylation sites (tertiary alicyclic amines) is 1. The second-order valence-electron chi connectivity index (χ2n) is 4.89. The van der Waals surface area contributed by atoms with Crippen LogP contribution in [0.4, 0.5) is 0 Å². The Labute approximate surface area is 123 Å². The van der Waals surface area contributed by atoms with Gasteiger partial charge in [0.25, 0.3) is 0 Å². The maximum absolute atomic E-state index is 11.5. The van der Waals surface area contributed by atoms with E-state index in [1.807, 2.05) is 11.0 Å². The van der Waals surface area contributed by atoms with E-state index in [2.05, 4.69) is 0 Å². The first-order valence-corrected chi connectivity index (χ1v) is 7.24. The first kappa shape index (κ1) is 14.6. The zero-order chi connectivity index (χ0) is 13.8. The number of carboxylic acids is 1. The fraction of sp³-hybridized carbons (Fsp3) is 0.500. The molecule has 1 heterocycles. The van der Waals surface area contributed by atoms with Crippen molar-refractivity contribution in [3.8, 4) is 0 Å². The Morgan fingerprint density at radius 2 is 1.95 bits per heavy atom. The topological polar surface area (TPSA) is 40.5 Å². The van der Waals surface area contributed by atoms with Crippen LogP contribution in [-0.2, 0) is 11.2 Å². The van der Waals surface area contributed by atoms with E-state index >= 15 is 0 Å². The van der Waals surface area contributed by atoms with E-state index in [1.165, 1.54) is 6.42 Å². The number of benzene rings is 1. The maximum atomic E-state index is 11.5. The van der Waals surface area contributed by atoms with Gasteiger partial charge in [-0.05, 0) is 43.6 Å². The largest absolute Gasteiger partial charge is 0.480 e. The lowest BCUT2D eigenvalue weighted by Gasteiger charge is -2.32. The number of hydrogen-bond acceptors (Lipinski definition) is 2. The Morgan fingerprint density at radius 3 is 2.53 bits per heavy atom. The normalized spacial score (nSPS) is 18.2. The van der Waals surface area contributed by atoms with Crippen molar-refractivity contribution < 1.29 is 9.90 Å². The number of piperidine rings is 1. The van der Waals surface area contributed by atoms with Crippen molar-refractivity contribution in [3.63, 3.8) is 0 Å². The van der Waals surface area contributed by atoms with Crippen molar-refractivity contribution in [3.05, 3.63) is 33.8 Å². The molecule has 0 spiro atoms. The summed E-state index contributed by atoms with van der Waals surface area (Å²) < 4.78 is 0. The zero-order valence-electron chi connectivity index (χ0n) is 10.6. The van der Waals surface area contributed by atoms with Gasteiger partial charge in [-0.1, -0.05) is 35.7 Å². The molecule has 0 radical (unpaired) electrons. The number of nitrogens with zero attached hydrogens (tertiary/aromatic N) is 1. The smallest absolute Gasteiger partial charge is 0.321 e. The van der Waals surface area contributed by atoms with Gasteiger partial charge < -0.3 is 5.11 Å². The number of rotatable bonds is 4. The van der Waals surface area contributed by atoms with E-state index < -0.39 is 12.0 Å². The van der Waals surface area contributed by atoms with Crippen molar-refractivity contribution in [1.82, 2.24) is 4.90 Å². The van der Waals surface area contributed by atoms with Crippen molar-refractivity contribution in [1.29, 1.82) is 0 Å². The van der Waals surface area contributed by atoms with E-state index in [0.29, 0.717) is 16.5 Å². The standard InChI is InChI=1S/C14H17Cl2NO2/c15-11-5-4-10(12(16)9-11)8-13(14(18)19)17-6-2-1-3-7-17/h4-5,9,13H,1-3,6-8H2,(H,18,19). The van der Waals surface area contributed by atoms with Crippen molar-refractivity contribution in [2.45, 2.75) is 31.7 Å². The SMILES string of the molecule is O=C(O)C(Cc1ccc(Cl)cc1Cl)N1CCCCC1. The van der Waals surface area contributed by atoms with Crippen LogP contribution >= 0.6 is 23.2 Å². The van der Waals surface area contributed by atoms with Gasteiger partial charge >= 0.3 is 5.97 Å². The summed E-state index contributed by atoms with van der Waals surface area (Å²) in [5.41, 5.74) is 0.837. The molecule has 1 saturated heterocycles. The Morgan fingerprint density at radius 1 is 1.26 bits per heavy atom. The predicted octanol–water partition coefficient (Wildman–Crippen LogP) is 3.48. The van der Waals surface area contributed by atoms with Gasteiger partial charge in [-0.25, -0.2) is 0 Å². The van der Waals surface area contributed by atoms with Gasteiger partial charge in [0.05, 0.1) is 0 Å². The fourth-order valence-electron chi connectivity index (χ4n) is 2.50. The number of carbonyl (C=O) groups is 1. The van der Waals surface area contributed by atoms with Gasteiger partial charge in [0, 0.05) is 16.5 Å². The van der Waals surface area contributed by atoms with Crippen LogP contribution in [0.3, 0.4) is 0 Å². The number of carboxylic acid groups (broad SMARTS) is 1. The van der Waals surface area contributed by atoms with Gasteiger partial charge in [-0.3, -0.25) is 9.69 Å². The molecule has 1 aromatic carbocycles. The lowest BCUT2D eigenvalue weighted by molar-refractivity contribution is -0.143. The highest BCUT2D eigenvalue weighted by Crippen LogP contribution is 2.24. The Bertz CT molecular complexity index is 459. The zero-order valence-corrected chi connectivity index (χ0v) is 12.1. The van der Waals surface area contributed by atoms with Crippen LogP contribution in [0.5, 0.6) is 0 Å². The average molecular weight is 302 g/mol. The fourth-order valence-corrected chi connectivity index (χ4v) is 2.98. The highest BCUT2D eigenvalue weighted by atomic mass is 35.5. The first-order chi connectivity index (χ1) is 9.08. The van der Waals surface area contributed by atoms with Gasteiger partial charge in [0.15, 0.2) is 0 Å². The molecule has 0 saturated carbocycles. The minimum absolute atomic E-state index is 0.422. The second kappa shape index (κ2) is 6.60. The lowest BCUT2D eigenvalue weighted by atomic mass is 10.0. The van der Waals surface area contributed by atoms with Crippen LogP contribution in [0, 0.1) is 0 Å². The molecule has 1 aromatic rings. The maximum Gasteiger partial charge on any atom is 0.321 e. The van der Waals surface area contributed by atoms with Crippen LogP contribution in [0.2, 0.25) is 10.0 Å². The number of hydrogen-bond donors (Lipinski definition) is 1. The van der Waals surface area contributed by atoms with Crippen LogP contribution in [0.15, 0.2) is 18.2 Å². The first-order valence-electron chi connectivity index (χ1n) is 6.48. The van der Waals surface area contributed by atoms with E-state index in [-0.39, 0.29) is 0 Å². The Hall–Kier alpha value is -0.770. The minimum Gasteiger partial charge on any atom is -0.480 e. The molecule has 104 valence electrons. The molecule has 0 bridgehead atoms. The van der Waals surface area contributed by atoms with Crippen molar-refractivity contribution in [2.24, 2.45) is 0 Å². The van der Waals surface area contributed by atoms with Gasteiger partial charge in [0.1, 0.15) is 6.04 Å². The van der Waals surface area contributed by atoms with E-state index in [0.717, 1.165) is 31.5 Å². The molecule has 1 fully saturated rings. The average Bonchev–Trinajstić information content (AvgIpc) is 2.38. The number of aliphatic carboxylic acids is 1. The number of halogens is 2. The Balaban J connectivity index is 2.13. The van der Waals surface area contributed by atoms with E-state index in [9.17, 15) is 9.90 Å². The highest BCUT2D eigenvalue weighted by molar-refractivity contribution is 6.35. The van der Waals surface area contributed by atoms with Gasteiger partial charge in [0.2, 0.25) is 0 Å². The highest BCUT2D eigenvalue weighted by Gasteiger charge is 2.27. The molecule has 1 aliphatic heterocycles. The quantitative estimate of drug-likeness (QED) is 0.925. The summed E-state index contributed by atoms with van der Waals surface area (Å²) in [6.07, 6.45) is 3.74. The molecular formula is C14H17Cl2NO2.